The van der Waals surface area contributed by atoms with Gasteiger partial charge in [0.25, 0.3) is 11.7 Å². The Labute approximate surface area is 136 Å². The molecule has 2 rings (SSSR count). The number of ether oxygens (including phenoxy) is 1. The van der Waals surface area contributed by atoms with Crippen LogP contribution in [0.2, 0.25) is 0 Å². The van der Waals surface area contributed by atoms with Crippen LogP contribution < -0.4 is 5.73 Å². The lowest BCUT2D eigenvalue weighted by atomic mass is 9.88. The van der Waals surface area contributed by atoms with Crippen LogP contribution in [-0.2, 0) is 9.53 Å². The topological polar surface area (TPSA) is 158 Å². The molecule has 6 atom stereocenters. The summed E-state index contributed by atoms with van der Waals surface area (Å²) in [6.07, 6.45) is -7.37. The second-order valence-corrected chi connectivity index (χ2v) is 6.26. The second kappa shape index (κ2) is 6.75. The number of carbonyl (C=O) groups is 1. The summed E-state index contributed by atoms with van der Waals surface area (Å²) in [6.45, 7) is -2.19. The minimum atomic E-state index is -4.17. The first-order valence-electron chi connectivity index (χ1n) is 7.60. The van der Waals surface area contributed by atoms with E-state index < -0.39 is 61.2 Å². The number of carbonyl (C=O) groups excluding carboxylic acids is 1. The zero-order valence-electron chi connectivity index (χ0n) is 12.9. The SMILES string of the molecule is [NH3+][C@H]1CCCN(CC(F)(F)[C@]2(O)O[C@H](CO)[C@H](O)[C@H](O)[C@H]2O)C1=O. The Bertz CT molecular complexity index is 481. The number of piperidine rings is 1. The molecular weight excluding hydrogens is 334 g/mol. The monoisotopic (exact) mass is 357 g/mol. The molecule has 24 heavy (non-hydrogen) atoms. The van der Waals surface area contributed by atoms with E-state index in [1.165, 1.54) is 0 Å². The highest BCUT2D eigenvalue weighted by molar-refractivity contribution is 5.81. The molecule has 0 bridgehead atoms. The van der Waals surface area contributed by atoms with Crippen LogP contribution in [0.25, 0.3) is 0 Å². The first-order valence-corrected chi connectivity index (χ1v) is 7.60. The molecule has 0 aromatic heterocycles. The standard InChI is InChI=1S/C13H22F2N2O7/c14-12(15,5-17-3-1-2-6(16)11(17)22)13(23)10(21)9(20)8(19)7(4-18)24-13/h6-10,18-21,23H,1-5,16H2/p+1/t6-,7+,8-,9-,10+,13+/m0/s1. The number of aliphatic hydroxyl groups is 5. The molecule has 2 saturated heterocycles. The maximum absolute atomic E-state index is 14.6. The maximum atomic E-state index is 14.6. The van der Waals surface area contributed by atoms with Gasteiger partial charge < -0.3 is 40.9 Å². The fourth-order valence-corrected chi connectivity index (χ4v) is 2.99. The molecule has 0 aromatic rings. The van der Waals surface area contributed by atoms with Crippen molar-refractivity contribution in [3.8, 4) is 0 Å². The highest BCUT2D eigenvalue weighted by Crippen LogP contribution is 2.40. The normalized spacial score (nSPS) is 41.6. The maximum Gasteiger partial charge on any atom is 0.320 e. The molecule has 0 radical (unpaired) electrons. The van der Waals surface area contributed by atoms with Crippen molar-refractivity contribution in [2.45, 2.75) is 55.0 Å². The smallest absolute Gasteiger partial charge is 0.320 e. The summed E-state index contributed by atoms with van der Waals surface area (Å²) >= 11 is 0. The molecule has 0 aliphatic carbocycles. The summed E-state index contributed by atoms with van der Waals surface area (Å²) in [6, 6.07) is -0.681. The van der Waals surface area contributed by atoms with Crippen molar-refractivity contribution < 1.29 is 49.6 Å². The Morgan fingerprint density at radius 2 is 1.96 bits per heavy atom. The average Bonchev–Trinajstić information content (AvgIpc) is 2.53. The number of aliphatic hydroxyl groups excluding tert-OH is 4. The van der Waals surface area contributed by atoms with Gasteiger partial charge in [-0.1, -0.05) is 0 Å². The lowest BCUT2D eigenvalue weighted by Crippen LogP contribution is -2.74. The molecule has 0 spiro atoms. The molecule has 0 saturated carbocycles. The molecule has 140 valence electrons. The van der Waals surface area contributed by atoms with E-state index in [-0.39, 0.29) is 6.54 Å². The fraction of sp³-hybridized carbons (Fsp3) is 0.923. The van der Waals surface area contributed by atoms with Gasteiger partial charge in [-0.05, 0) is 6.42 Å². The van der Waals surface area contributed by atoms with E-state index in [1.807, 2.05) is 0 Å². The summed E-state index contributed by atoms with van der Waals surface area (Å²) in [4.78, 5) is 12.7. The molecule has 11 heteroatoms. The third kappa shape index (κ3) is 3.12. The number of nitrogens with zero attached hydrogens (tertiary/aromatic N) is 1. The molecule has 9 nitrogen and oxygen atoms in total. The van der Waals surface area contributed by atoms with E-state index in [9.17, 15) is 34.0 Å². The minimum absolute atomic E-state index is 0.0290. The average molecular weight is 357 g/mol. The number of likely N-dealkylation sites (tertiary alicyclic amines) is 1. The van der Waals surface area contributed by atoms with E-state index >= 15 is 0 Å². The van der Waals surface area contributed by atoms with Gasteiger partial charge in [-0.2, -0.15) is 8.78 Å². The van der Waals surface area contributed by atoms with Gasteiger partial charge in [0.2, 0.25) is 0 Å². The highest BCUT2D eigenvalue weighted by atomic mass is 19.3. The molecule has 2 aliphatic heterocycles. The summed E-state index contributed by atoms with van der Waals surface area (Å²) in [5, 5.41) is 48.3. The molecule has 1 amide bonds. The third-order valence-corrected chi connectivity index (χ3v) is 4.52. The molecule has 8 N–H and O–H groups in total. The number of quaternary nitrogens is 1. The molecule has 0 aromatic carbocycles. The number of halogens is 2. The van der Waals surface area contributed by atoms with Gasteiger partial charge in [-0.3, -0.25) is 4.79 Å². The predicted octanol–water partition coefficient (Wildman–Crippen LogP) is -3.98. The Morgan fingerprint density at radius 1 is 1.33 bits per heavy atom. The van der Waals surface area contributed by atoms with Crippen LogP contribution in [0.15, 0.2) is 0 Å². The van der Waals surface area contributed by atoms with Crippen LogP contribution >= 0.6 is 0 Å². The number of alkyl halides is 2. The van der Waals surface area contributed by atoms with E-state index in [0.717, 1.165) is 4.90 Å². The van der Waals surface area contributed by atoms with Crippen LogP contribution in [-0.4, -0.2) is 98.2 Å². The Kier molecular flexibility index (Phi) is 5.45. The van der Waals surface area contributed by atoms with Crippen molar-refractivity contribution in [2.75, 3.05) is 19.7 Å². The van der Waals surface area contributed by atoms with Gasteiger partial charge in [0, 0.05) is 13.0 Å². The van der Waals surface area contributed by atoms with Crippen molar-refractivity contribution >= 4 is 5.91 Å². The van der Waals surface area contributed by atoms with Gasteiger partial charge in [-0.15, -0.1) is 0 Å². The van der Waals surface area contributed by atoms with Crippen LogP contribution in [0.3, 0.4) is 0 Å². The lowest BCUT2D eigenvalue weighted by molar-refractivity contribution is -0.418. The first-order chi connectivity index (χ1) is 11.0. The largest absolute Gasteiger partial charge is 0.394 e. The summed E-state index contributed by atoms with van der Waals surface area (Å²) in [5.74, 6) is -8.37. The van der Waals surface area contributed by atoms with Crippen molar-refractivity contribution in [2.24, 2.45) is 0 Å². The van der Waals surface area contributed by atoms with E-state index in [0.29, 0.717) is 12.8 Å². The fourth-order valence-electron chi connectivity index (χ4n) is 2.99. The first kappa shape index (κ1) is 19.4. The summed E-state index contributed by atoms with van der Waals surface area (Å²) in [7, 11) is 0. The second-order valence-electron chi connectivity index (χ2n) is 6.26. The molecule has 2 fully saturated rings. The zero-order chi connectivity index (χ0) is 18.3. The number of hydrogen-bond donors (Lipinski definition) is 6. The molecule has 2 aliphatic rings. The molecule has 0 unspecified atom stereocenters. The van der Waals surface area contributed by atoms with Crippen molar-refractivity contribution in [3.05, 3.63) is 0 Å². The number of hydrogen-bond acceptors (Lipinski definition) is 7. The van der Waals surface area contributed by atoms with Gasteiger partial charge in [0.15, 0.2) is 6.04 Å². The Balaban J connectivity index is 2.23. The van der Waals surface area contributed by atoms with E-state index in [4.69, 9.17) is 5.11 Å². The predicted molar refractivity (Wildman–Crippen MR) is 72.4 cm³/mol. The van der Waals surface area contributed by atoms with Crippen LogP contribution in [0.4, 0.5) is 8.78 Å². The van der Waals surface area contributed by atoms with Gasteiger partial charge in [-0.25, -0.2) is 0 Å². The van der Waals surface area contributed by atoms with Crippen LogP contribution in [0, 0.1) is 0 Å². The van der Waals surface area contributed by atoms with Gasteiger partial charge in [0.1, 0.15) is 24.4 Å². The van der Waals surface area contributed by atoms with Crippen molar-refractivity contribution in [1.82, 2.24) is 4.90 Å². The van der Waals surface area contributed by atoms with Crippen molar-refractivity contribution in [1.29, 1.82) is 0 Å². The summed E-state index contributed by atoms with van der Waals surface area (Å²) < 4.78 is 33.9. The third-order valence-electron chi connectivity index (χ3n) is 4.52. The number of amides is 1. The van der Waals surface area contributed by atoms with Gasteiger partial charge in [0.05, 0.1) is 13.2 Å². The Hall–Kier alpha value is -0.950. The number of rotatable bonds is 4. The molecular formula is C13H23F2N2O7+. The minimum Gasteiger partial charge on any atom is -0.394 e. The quantitative estimate of drug-likeness (QED) is 0.299. The molecule has 2 heterocycles. The summed E-state index contributed by atoms with van der Waals surface area (Å²) in [5.41, 5.74) is 3.57. The Morgan fingerprint density at radius 3 is 2.54 bits per heavy atom. The van der Waals surface area contributed by atoms with Crippen LogP contribution in [0.1, 0.15) is 12.8 Å². The lowest BCUT2D eigenvalue weighted by Gasteiger charge is -2.49. The van der Waals surface area contributed by atoms with Gasteiger partial charge >= 0.3 is 5.92 Å². The zero-order valence-corrected chi connectivity index (χ0v) is 12.9. The van der Waals surface area contributed by atoms with E-state index in [2.05, 4.69) is 10.5 Å². The van der Waals surface area contributed by atoms with Crippen molar-refractivity contribution in [3.63, 3.8) is 0 Å². The highest BCUT2D eigenvalue weighted by Gasteiger charge is 2.66. The van der Waals surface area contributed by atoms with Crippen LogP contribution in [0.5, 0.6) is 0 Å². The van der Waals surface area contributed by atoms with E-state index in [1.54, 1.807) is 0 Å².